The Morgan fingerprint density at radius 3 is 2.72 bits per heavy atom. The summed E-state index contributed by atoms with van der Waals surface area (Å²) in [6.45, 7) is 3.88. The van der Waals surface area contributed by atoms with Gasteiger partial charge in [-0.15, -0.1) is 0 Å². The number of hydrogen-bond acceptors (Lipinski definition) is 4. The Bertz CT molecular complexity index is 808. The van der Waals surface area contributed by atoms with E-state index in [4.69, 9.17) is 4.74 Å². The van der Waals surface area contributed by atoms with Crippen molar-refractivity contribution in [3.05, 3.63) is 58.0 Å². The molecular weight excluding hydrogens is 318 g/mol. The van der Waals surface area contributed by atoms with Gasteiger partial charge in [0, 0.05) is 31.3 Å². The third kappa shape index (κ3) is 4.07. The fraction of sp³-hybridized carbons (Fsp3) is 0.421. The molecule has 0 aliphatic carbocycles. The van der Waals surface area contributed by atoms with E-state index in [0.717, 1.165) is 18.5 Å². The number of carbonyl (C=O) groups excluding carboxylic acids is 1. The van der Waals surface area contributed by atoms with Crippen molar-refractivity contribution in [1.29, 1.82) is 0 Å². The quantitative estimate of drug-likeness (QED) is 0.854. The molecule has 0 spiro atoms. The Morgan fingerprint density at radius 1 is 1.24 bits per heavy atom. The molecule has 0 unspecified atom stereocenters. The van der Waals surface area contributed by atoms with Gasteiger partial charge in [0.15, 0.2) is 0 Å². The van der Waals surface area contributed by atoms with E-state index in [0.29, 0.717) is 36.9 Å². The second-order valence-electron chi connectivity index (χ2n) is 6.46. The predicted molar refractivity (Wildman–Crippen MR) is 94.9 cm³/mol. The number of piperidine rings is 1. The fourth-order valence-corrected chi connectivity index (χ4v) is 3.18. The maximum atomic E-state index is 12.6. The van der Waals surface area contributed by atoms with Gasteiger partial charge in [-0.05, 0) is 49.9 Å². The Labute approximate surface area is 147 Å². The predicted octanol–water partition coefficient (Wildman–Crippen LogP) is 2.11. The van der Waals surface area contributed by atoms with Crippen molar-refractivity contribution in [3.63, 3.8) is 0 Å². The van der Waals surface area contributed by atoms with Gasteiger partial charge in [0.25, 0.3) is 11.5 Å². The zero-order chi connectivity index (χ0) is 17.8. The average molecular weight is 341 g/mol. The molecule has 6 nitrogen and oxygen atoms in total. The van der Waals surface area contributed by atoms with Crippen molar-refractivity contribution in [1.82, 2.24) is 14.7 Å². The molecule has 2 aromatic rings. The Kier molecular flexibility index (Phi) is 5.16. The highest BCUT2D eigenvalue weighted by molar-refractivity contribution is 5.94. The summed E-state index contributed by atoms with van der Waals surface area (Å²) in [5.74, 6) is 1.08. The summed E-state index contributed by atoms with van der Waals surface area (Å²) < 4.78 is 6.73. The van der Waals surface area contributed by atoms with Crippen LogP contribution in [0.15, 0.2) is 41.2 Å². The number of carbonyl (C=O) groups is 1. The molecule has 1 aromatic heterocycles. The maximum Gasteiger partial charge on any atom is 0.266 e. The molecule has 0 bridgehead atoms. The van der Waals surface area contributed by atoms with Gasteiger partial charge in [-0.3, -0.25) is 9.59 Å². The second kappa shape index (κ2) is 7.51. The number of aryl methyl sites for hydroxylation is 1. The zero-order valence-corrected chi connectivity index (χ0v) is 14.6. The fourth-order valence-electron chi connectivity index (χ4n) is 3.18. The molecule has 1 aromatic carbocycles. The Balaban J connectivity index is 1.60. The molecule has 2 heterocycles. The van der Waals surface area contributed by atoms with Crippen molar-refractivity contribution in [2.45, 2.75) is 26.3 Å². The minimum absolute atomic E-state index is 0.0307. The summed E-state index contributed by atoms with van der Waals surface area (Å²) in [5.41, 5.74) is 1.42. The lowest BCUT2D eigenvalue weighted by Crippen LogP contribution is -2.40. The summed E-state index contributed by atoms with van der Waals surface area (Å²) in [4.78, 5) is 26.4. The van der Waals surface area contributed by atoms with Crippen LogP contribution in [0.25, 0.3) is 0 Å². The van der Waals surface area contributed by atoms with E-state index in [9.17, 15) is 9.59 Å². The molecule has 0 saturated carbocycles. The third-order valence-corrected chi connectivity index (χ3v) is 4.65. The molecule has 0 atom stereocenters. The topological polar surface area (TPSA) is 64.4 Å². The number of benzene rings is 1. The number of hydrogen-bond donors (Lipinski definition) is 0. The van der Waals surface area contributed by atoms with Crippen molar-refractivity contribution in [2.75, 3.05) is 20.2 Å². The van der Waals surface area contributed by atoms with E-state index in [2.05, 4.69) is 5.10 Å². The van der Waals surface area contributed by atoms with Crippen LogP contribution in [0.4, 0.5) is 0 Å². The summed E-state index contributed by atoms with van der Waals surface area (Å²) in [7, 11) is 1.59. The van der Waals surface area contributed by atoms with Gasteiger partial charge >= 0.3 is 0 Å². The second-order valence-corrected chi connectivity index (χ2v) is 6.46. The smallest absolute Gasteiger partial charge is 0.266 e. The van der Waals surface area contributed by atoms with Crippen molar-refractivity contribution < 1.29 is 9.53 Å². The molecule has 1 amide bonds. The number of rotatable bonds is 4. The number of methoxy groups -OCH3 is 1. The summed E-state index contributed by atoms with van der Waals surface area (Å²) in [5, 5.41) is 4.30. The van der Waals surface area contributed by atoms with Crippen LogP contribution < -0.4 is 10.3 Å². The van der Waals surface area contributed by atoms with Crippen LogP contribution in [0.1, 0.15) is 28.9 Å². The molecule has 25 heavy (non-hydrogen) atoms. The summed E-state index contributed by atoms with van der Waals surface area (Å²) in [6, 6.07) is 10.5. The van der Waals surface area contributed by atoms with Gasteiger partial charge in [0.05, 0.1) is 12.8 Å². The molecular formula is C19H23N3O3. The molecule has 1 fully saturated rings. The molecule has 0 N–H and O–H groups in total. The van der Waals surface area contributed by atoms with E-state index >= 15 is 0 Å². The largest absolute Gasteiger partial charge is 0.497 e. The lowest BCUT2D eigenvalue weighted by atomic mass is 9.96. The SMILES string of the molecule is COc1cccc(C(=O)N2CCC(Cn3nc(C)ccc3=O)CC2)c1. The standard InChI is InChI=1S/C19H23N3O3/c1-14-6-7-18(23)22(20-14)13-15-8-10-21(11-9-15)19(24)16-4-3-5-17(12-16)25-2/h3-7,12,15H,8-11,13H2,1-2H3. The molecule has 6 heteroatoms. The Hall–Kier alpha value is -2.63. The van der Waals surface area contributed by atoms with Gasteiger partial charge in [-0.1, -0.05) is 6.07 Å². The van der Waals surface area contributed by atoms with Crippen molar-refractivity contribution in [2.24, 2.45) is 5.92 Å². The summed E-state index contributed by atoms with van der Waals surface area (Å²) in [6.07, 6.45) is 1.75. The zero-order valence-electron chi connectivity index (χ0n) is 14.6. The molecule has 1 aliphatic rings. The first-order chi connectivity index (χ1) is 12.1. The summed E-state index contributed by atoms with van der Waals surface area (Å²) >= 11 is 0. The monoisotopic (exact) mass is 341 g/mol. The highest BCUT2D eigenvalue weighted by Crippen LogP contribution is 2.21. The number of aromatic nitrogens is 2. The van der Waals surface area contributed by atoms with Crippen LogP contribution in [-0.2, 0) is 6.54 Å². The Morgan fingerprint density at radius 2 is 2.00 bits per heavy atom. The first-order valence-corrected chi connectivity index (χ1v) is 8.55. The minimum Gasteiger partial charge on any atom is -0.497 e. The number of nitrogens with zero attached hydrogens (tertiary/aromatic N) is 3. The van der Waals surface area contributed by atoms with E-state index in [1.165, 1.54) is 0 Å². The van der Waals surface area contributed by atoms with E-state index in [-0.39, 0.29) is 11.5 Å². The number of ether oxygens (including phenoxy) is 1. The third-order valence-electron chi connectivity index (χ3n) is 4.65. The van der Waals surface area contributed by atoms with Crippen LogP contribution >= 0.6 is 0 Å². The molecule has 1 saturated heterocycles. The minimum atomic E-state index is -0.0690. The molecule has 0 radical (unpaired) electrons. The van der Waals surface area contributed by atoms with Crippen molar-refractivity contribution in [3.8, 4) is 5.75 Å². The number of amides is 1. The van der Waals surface area contributed by atoms with Gasteiger partial charge in [0.2, 0.25) is 0 Å². The lowest BCUT2D eigenvalue weighted by Gasteiger charge is -2.32. The van der Waals surface area contributed by atoms with E-state index in [1.54, 1.807) is 30.0 Å². The number of likely N-dealkylation sites (tertiary alicyclic amines) is 1. The van der Waals surface area contributed by atoms with Crippen LogP contribution in [0.2, 0.25) is 0 Å². The van der Waals surface area contributed by atoms with Gasteiger partial charge in [-0.25, -0.2) is 4.68 Å². The van der Waals surface area contributed by atoms with Crippen LogP contribution in [0, 0.1) is 12.8 Å². The molecule has 3 rings (SSSR count). The first kappa shape index (κ1) is 17.2. The van der Waals surface area contributed by atoms with Crippen molar-refractivity contribution >= 4 is 5.91 Å². The van der Waals surface area contributed by atoms with Gasteiger partial charge in [-0.2, -0.15) is 5.10 Å². The molecule has 132 valence electrons. The van der Waals surface area contributed by atoms with E-state index < -0.39 is 0 Å². The van der Waals surface area contributed by atoms with Crippen LogP contribution in [-0.4, -0.2) is 40.8 Å². The van der Waals surface area contributed by atoms with Gasteiger partial charge < -0.3 is 9.64 Å². The normalized spacial score (nSPS) is 15.2. The van der Waals surface area contributed by atoms with E-state index in [1.807, 2.05) is 30.0 Å². The highest BCUT2D eigenvalue weighted by Gasteiger charge is 2.24. The highest BCUT2D eigenvalue weighted by atomic mass is 16.5. The maximum absolute atomic E-state index is 12.6. The van der Waals surface area contributed by atoms with Gasteiger partial charge in [0.1, 0.15) is 5.75 Å². The molecule has 1 aliphatic heterocycles. The first-order valence-electron chi connectivity index (χ1n) is 8.55. The van der Waals surface area contributed by atoms with Crippen LogP contribution in [0.5, 0.6) is 5.75 Å². The lowest BCUT2D eigenvalue weighted by molar-refractivity contribution is 0.0680. The van der Waals surface area contributed by atoms with Crippen LogP contribution in [0.3, 0.4) is 0 Å². The average Bonchev–Trinajstić information content (AvgIpc) is 2.65.